The Morgan fingerprint density at radius 2 is 2.11 bits per heavy atom. The summed E-state index contributed by atoms with van der Waals surface area (Å²) < 4.78 is 26.3. The Hall–Kier alpha value is -1.75. The maximum absolute atomic E-state index is 13.5. The molecule has 2 nitrogen and oxygen atoms in total. The lowest BCUT2D eigenvalue weighted by atomic mass is 10.1. The van der Waals surface area contributed by atoms with Gasteiger partial charge in [0.05, 0.1) is 11.6 Å². The van der Waals surface area contributed by atoms with Gasteiger partial charge in [0.15, 0.2) is 0 Å². The number of thiophene rings is 1. The number of halogens is 2. The number of hydrogen-bond donors (Lipinski definition) is 1. The molecule has 1 atom stereocenters. The Labute approximate surface area is 107 Å². The second kappa shape index (κ2) is 5.27. The molecule has 2 rings (SSSR count). The molecular weight excluding hydrogens is 256 g/mol. The van der Waals surface area contributed by atoms with Crippen molar-refractivity contribution < 1.29 is 13.6 Å². The predicted octanol–water partition coefficient (Wildman–Crippen LogP) is 3.52. The molecule has 0 aliphatic heterocycles. The van der Waals surface area contributed by atoms with E-state index in [1.165, 1.54) is 23.5 Å². The molecule has 0 fully saturated rings. The highest BCUT2D eigenvalue weighted by Crippen LogP contribution is 2.18. The number of amides is 1. The van der Waals surface area contributed by atoms with Crippen LogP contribution in [0.4, 0.5) is 8.78 Å². The fourth-order valence-corrected chi connectivity index (χ4v) is 2.24. The van der Waals surface area contributed by atoms with Crippen molar-refractivity contribution in [2.45, 2.75) is 13.0 Å². The summed E-state index contributed by atoms with van der Waals surface area (Å²) in [6.07, 6.45) is 0. The molecule has 1 N–H and O–H groups in total. The van der Waals surface area contributed by atoms with E-state index >= 15 is 0 Å². The first-order chi connectivity index (χ1) is 8.58. The van der Waals surface area contributed by atoms with Crippen molar-refractivity contribution in [2.75, 3.05) is 0 Å². The Bertz CT molecular complexity index is 554. The van der Waals surface area contributed by atoms with Crippen LogP contribution in [0, 0.1) is 11.6 Å². The number of carbonyl (C=O) groups excluding carboxylic acids is 1. The Balaban J connectivity index is 2.12. The van der Waals surface area contributed by atoms with Crippen LogP contribution in [-0.2, 0) is 0 Å². The van der Waals surface area contributed by atoms with Crippen LogP contribution < -0.4 is 5.32 Å². The van der Waals surface area contributed by atoms with Crippen molar-refractivity contribution in [1.29, 1.82) is 0 Å². The number of carbonyl (C=O) groups is 1. The monoisotopic (exact) mass is 267 g/mol. The molecule has 5 heteroatoms. The third kappa shape index (κ3) is 2.73. The standard InChI is InChI=1S/C13H11F2NOS/c1-8(11-3-2-10(14)6-12(11)15)16-13(17)9-4-5-18-7-9/h2-8H,1H3,(H,16,17). The van der Waals surface area contributed by atoms with Gasteiger partial charge < -0.3 is 5.32 Å². The van der Waals surface area contributed by atoms with Gasteiger partial charge in [-0.25, -0.2) is 8.78 Å². The van der Waals surface area contributed by atoms with E-state index in [-0.39, 0.29) is 11.5 Å². The molecule has 0 bridgehead atoms. The highest BCUT2D eigenvalue weighted by atomic mass is 32.1. The van der Waals surface area contributed by atoms with Gasteiger partial charge >= 0.3 is 0 Å². The van der Waals surface area contributed by atoms with Gasteiger partial charge in [-0.05, 0) is 24.4 Å². The lowest BCUT2D eigenvalue weighted by molar-refractivity contribution is 0.0940. The second-order valence-corrected chi connectivity index (χ2v) is 4.65. The molecule has 1 aromatic heterocycles. The van der Waals surface area contributed by atoms with Crippen molar-refractivity contribution in [3.8, 4) is 0 Å². The van der Waals surface area contributed by atoms with Crippen LogP contribution in [0.15, 0.2) is 35.0 Å². The van der Waals surface area contributed by atoms with Crippen molar-refractivity contribution >= 4 is 17.2 Å². The quantitative estimate of drug-likeness (QED) is 0.905. The van der Waals surface area contributed by atoms with Crippen LogP contribution in [0.1, 0.15) is 28.9 Å². The number of rotatable bonds is 3. The molecule has 2 aromatic rings. The van der Waals surface area contributed by atoms with Crippen LogP contribution in [0.3, 0.4) is 0 Å². The molecule has 0 saturated heterocycles. The topological polar surface area (TPSA) is 29.1 Å². The molecule has 0 saturated carbocycles. The Morgan fingerprint density at radius 1 is 1.33 bits per heavy atom. The Kier molecular flexibility index (Phi) is 3.72. The summed E-state index contributed by atoms with van der Waals surface area (Å²) >= 11 is 1.41. The van der Waals surface area contributed by atoms with E-state index < -0.39 is 17.7 Å². The summed E-state index contributed by atoms with van der Waals surface area (Å²) in [5.74, 6) is -1.56. The average molecular weight is 267 g/mol. The van der Waals surface area contributed by atoms with Crippen LogP contribution in [-0.4, -0.2) is 5.91 Å². The summed E-state index contributed by atoms with van der Waals surface area (Å²) in [4.78, 5) is 11.8. The van der Waals surface area contributed by atoms with Crippen LogP contribution in [0.5, 0.6) is 0 Å². The summed E-state index contributed by atoms with van der Waals surface area (Å²) in [5.41, 5.74) is 0.800. The minimum atomic E-state index is -0.659. The van der Waals surface area contributed by atoms with Gasteiger partial charge in [0.25, 0.3) is 5.91 Å². The first kappa shape index (κ1) is 12.7. The maximum atomic E-state index is 13.5. The van der Waals surface area contributed by atoms with Gasteiger partial charge in [-0.2, -0.15) is 11.3 Å². The van der Waals surface area contributed by atoms with Crippen molar-refractivity contribution in [3.63, 3.8) is 0 Å². The summed E-state index contributed by atoms with van der Waals surface area (Å²) in [7, 11) is 0. The molecule has 0 aliphatic carbocycles. The van der Waals surface area contributed by atoms with Crippen LogP contribution >= 0.6 is 11.3 Å². The normalized spacial score (nSPS) is 12.2. The molecule has 0 aliphatic rings. The molecular formula is C13H11F2NOS. The SMILES string of the molecule is CC(NC(=O)c1ccsc1)c1ccc(F)cc1F. The highest BCUT2D eigenvalue weighted by molar-refractivity contribution is 7.08. The van der Waals surface area contributed by atoms with Gasteiger partial charge in [-0.3, -0.25) is 4.79 Å². The zero-order chi connectivity index (χ0) is 13.1. The minimum Gasteiger partial charge on any atom is -0.345 e. The first-order valence-corrected chi connectivity index (χ1v) is 6.30. The molecule has 94 valence electrons. The first-order valence-electron chi connectivity index (χ1n) is 5.36. The summed E-state index contributed by atoms with van der Waals surface area (Å²) in [5, 5.41) is 6.17. The van der Waals surface area contributed by atoms with Gasteiger partial charge in [-0.15, -0.1) is 0 Å². The van der Waals surface area contributed by atoms with Gasteiger partial charge in [0.1, 0.15) is 11.6 Å². The average Bonchev–Trinajstić information content (AvgIpc) is 2.81. The highest BCUT2D eigenvalue weighted by Gasteiger charge is 2.15. The predicted molar refractivity (Wildman–Crippen MR) is 66.6 cm³/mol. The smallest absolute Gasteiger partial charge is 0.252 e. The molecule has 0 spiro atoms. The number of hydrogen-bond acceptors (Lipinski definition) is 2. The van der Waals surface area contributed by atoms with E-state index in [0.717, 1.165) is 6.07 Å². The fraction of sp³-hybridized carbons (Fsp3) is 0.154. The van der Waals surface area contributed by atoms with E-state index in [1.807, 2.05) is 0 Å². The zero-order valence-electron chi connectivity index (χ0n) is 9.61. The zero-order valence-corrected chi connectivity index (χ0v) is 10.4. The van der Waals surface area contributed by atoms with Gasteiger partial charge in [0.2, 0.25) is 0 Å². The van der Waals surface area contributed by atoms with E-state index in [9.17, 15) is 13.6 Å². The van der Waals surface area contributed by atoms with E-state index in [2.05, 4.69) is 5.32 Å². The molecule has 0 radical (unpaired) electrons. The van der Waals surface area contributed by atoms with Gasteiger partial charge in [-0.1, -0.05) is 6.07 Å². The number of nitrogens with one attached hydrogen (secondary N) is 1. The van der Waals surface area contributed by atoms with E-state index in [0.29, 0.717) is 5.56 Å². The van der Waals surface area contributed by atoms with Crippen molar-refractivity contribution in [1.82, 2.24) is 5.32 Å². The molecule has 1 amide bonds. The summed E-state index contributed by atoms with van der Waals surface area (Å²) in [6.45, 7) is 1.65. The van der Waals surface area contributed by atoms with Crippen molar-refractivity contribution in [3.05, 3.63) is 57.8 Å². The maximum Gasteiger partial charge on any atom is 0.252 e. The second-order valence-electron chi connectivity index (χ2n) is 3.87. The van der Waals surface area contributed by atoms with Crippen LogP contribution in [0.2, 0.25) is 0 Å². The minimum absolute atomic E-state index is 0.264. The number of benzene rings is 1. The molecule has 1 unspecified atom stereocenters. The fourth-order valence-electron chi connectivity index (χ4n) is 1.60. The lowest BCUT2D eigenvalue weighted by Gasteiger charge is -2.14. The molecule has 18 heavy (non-hydrogen) atoms. The lowest BCUT2D eigenvalue weighted by Crippen LogP contribution is -2.26. The molecule has 1 heterocycles. The Morgan fingerprint density at radius 3 is 2.72 bits per heavy atom. The molecule has 1 aromatic carbocycles. The summed E-state index contributed by atoms with van der Waals surface area (Å²) in [6, 6.07) is 4.49. The third-order valence-electron chi connectivity index (χ3n) is 2.56. The van der Waals surface area contributed by atoms with E-state index in [1.54, 1.807) is 23.8 Å². The van der Waals surface area contributed by atoms with Crippen LogP contribution in [0.25, 0.3) is 0 Å². The van der Waals surface area contributed by atoms with Gasteiger partial charge in [0, 0.05) is 17.0 Å². The van der Waals surface area contributed by atoms with E-state index in [4.69, 9.17) is 0 Å². The van der Waals surface area contributed by atoms with Crippen molar-refractivity contribution in [2.24, 2.45) is 0 Å². The third-order valence-corrected chi connectivity index (χ3v) is 3.24. The largest absolute Gasteiger partial charge is 0.345 e.